The maximum Gasteiger partial charge on any atom is 0.315 e. The number of aliphatic hydroxyl groups is 3. The van der Waals surface area contributed by atoms with Crippen molar-refractivity contribution in [1.29, 1.82) is 0 Å². The molecule has 10 aromatic carbocycles. The van der Waals surface area contributed by atoms with Crippen molar-refractivity contribution < 1.29 is 73.2 Å². The van der Waals surface area contributed by atoms with Crippen molar-refractivity contribution >= 4 is 120 Å². The van der Waals surface area contributed by atoms with Crippen LogP contribution in [0.2, 0.25) is 5.02 Å². The summed E-state index contributed by atoms with van der Waals surface area (Å²) in [5.41, 5.74) is 47.2. The van der Waals surface area contributed by atoms with Gasteiger partial charge in [0.2, 0.25) is 0 Å². The number of anilines is 3. The molecule has 0 atom stereocenters. The minimum Gasteiger partial charge on any atom is -0.466 e. The molecular weight excluding hydrogens is 1770 g/mol. The number of benzene rings is 10. The Labute approximate surface area is 775 Å². The fourth-order valence-electron chi connectivity index (χ4n) is 12.6. The number of nitrogens with two attached hydrogens (primary N) is 4. The summed E-state index contributed by atoms with van der Waals surface area (Å²) in [5.74, 6) is 2.68. The average molecular weight is 1890 g/mol. The van der Waals surface area contributed by atoms with Crippen LogP contribution in [-0.4, -0.2) is 102 Å². The quantitative estimate of drug-likeness (QED) is 0.0122. The van der Waals surface area contributed by atoms with Gasteiger partial charge in [-0.2, -0.15) is 0 Å². The molecule has 129 heavy (non-hydrogen) atoms. The molecule has 28 nitrogen and oxygen atoms in total. The first-order chi connectivity index (χ1) is 61.3. The number of nitro benzene ring substituents is 4. The first-order valence-electron chi connectivity index (χ1n) is 41.2. The number of ether oxygens (including phenoxy) is 3. The van der Waals surface area contributed by atoms with Crippen molar-refractivity contribution in [3.05, 3.63) is 350 Å². The summed E-state index contributed by atoms with van der Waals surface area (Å²) in [7, 11) is 0. The molecule has 3 heterocycles. The lowest BCUT2D eigenvalue weighted by Crippen LogP contribution is -2.19. The fourth-order valence-corrected chi connectivity index (χ4v) is 15.0. The smallest absolute Gasteiger partial charge is 0.315 e. The van der Waals surface area contributed by atoms with E-state index in [1.165, 1.54) is 98.2 Å². The molecule has 12 N–H and O–H groups in total. The van der Waals surface area contributed by atoms with Gasteiger partial charge >= 0.3 is 11.9 Å². The predicted molar refractivity (Wildman–Crippen MR) is 516 cm³/mol. The van der Waals surface area contributed by atoms with Crippen LogP contribution in [0.25, 0.3) is 0 Å². The number of thioether (sulfide) groups is 2. The molecule has 690 valence electrons. The van der Waals surface area contributed by atoms with Crippen molar-refractivity contribution in [1.82, 2.24) is 5.32 Å². The molecule has 0 spiro atoms. The van der Waals surface area contributed by atoms with Crippen LogP contribution in [0.1, 0.15) is 149 Å². The normalized spacial score (nSPS) is 11.9. The Morgan fingerprint density at radius 1 is 0.450 bits per heavy atom. The maximum atomic E-state index is 11.3. The molecule has 0 fully saturated rings. The summed E-state index contributed by atoms with van der Waals surface area (Å²) >= 11 is 11.8. The van der Waals surface area contributed by atoms with E-state index < -0.39 is 14.8 Å². The van der Waals surface area contributed by atoms with Crippen LogP contribution in [0, 0.1) is 103 Å². The van der Waals surface area contributed by atoms with Crippen LogP contribution in [0.15, 0.2) is 182 Å². The Kier molecular flexibility index (Phi) is 50.0. The number of aryl methyl sites for hydroxylation is 10. The second kappa shape index (κ2) is 58.8. The highest BCUT2D eigenvalue weighted by molar-refractivity contribution is 9.08. The standard InChI is InChI=1S/C13H19NO2.C12H15NO4S.C11H13NO.C11H12O2.C11H12OS.C8H8BrNO2.C8H12N2.C8H9NO3.C8H11NO.C7H6ClNO3/c1-3-16-13(15)6-4-5-11-9-10(2)7-8-12(11)14;1-3-17-12(14)8-18-7-10-6-9(2)4-5-11(10)13(15)16;1-8-2-3-9-5-11(13)7-12-6-10(9)4-8;2*1-8-2-3-9-5-11(12)7-13-6-10(9)4-8;1-6-2-3-8(10(11)12)7(4-6)5-9;1-6-2-3-8(10)7(4-6)5-9;1-6-2-3-8(9(11)12)7(4-6)5-10;1-6-2-3-8(9)7(4-6)5-10;8-6-1-2-7(9(11)12)5(3-6)4-10/h7-9H,3-6,14H2,1-2H3;4-6H,3,7-8H2,1-2H3;2-4,12H,5-7H2,1H3;2*2-4H,5-7H2,1H3;2-4H,5H2,1H3;2-4H,5,9-10H2,1H3;2-4,10H,5H2,1H3;2-4,10H,5,9H2,1H3;1-3,10H,4H2. The first-order valence-corrected chi connectivity index (χ1v) is 45.0. The number of nitrogen functional groups attached to an aromatic ring is 3. The largest absolute Gasteiger partial charge is 0.466 e. The summed E-state index contributed by atoms with van der Waals surface area (Å²) in [5, 5.41) is 72.4. The lowest BCUT2D eigenvalue weighted by atomic mass is 10.0. The lowest BCUT2D eigenvalue weighted by Gasteiger charge is -2.06. The van der Waals surface area contributed by atoms with Gasteiger partial charge in [-0.05, 0) is 182 Å². The van der Waals surface area contributed by atoms with Crippen LogP contribution in [0.3, 0.4) is 0 Å². The third kappa shape index (κ3) is 41.1. The highest BCUT2D eigenvalue weighted by Gasteiger charge is 2.20. The van der Waals surface area contributed by atoms with E-state index in [1.807, 2.05) is 116 Å². The average Bonchev–Trinajstić information content (AvgIpc) is 1.08. The van der Waals surface area contributed by atoms with Gasteiger partial charge in [0, 0.05) is 119 Å². The summed E-state index contributed by atoms with van der Waals surface area (Å²) in [4.78, 5) is 96.3. The van der Waals surface area contributed by atoms with Crippen molar-refractivity contribution in [2.45, 2.75) is 171 Å². The van der Waals surface area contributed by atoms with Crippen molar-refractivity contribution in [2.75, 3.05) is 55.1 Å². The molecule has 3 aliphatic rings. The van der Waals surface area contributed by atoms with Crippen LogP contribution in [-0.2, 0) is 120 Å². The summed E-state index contributed by atoms with van der Waals surface area (Å²) < 4.78 is 14.9. The number of carbonyl (C=O) groups excluding carboxylic acids is 5. The van der Waals surface area contributed by atoms with Gasteiger partial charge in [-0.3, -0.25) is 64.4 Å². The molecule has 10 aromatic rings. The van der Waals surface area contributed by atoms with Gasteiger partial charge in [0.25, 0.3) is 22.7 Å². The van der Waals surface area contributed by atoms with E-state index in [4.69, 9.17) is 64.1 Å². The van der Waals surface area contributed by atoms with Crippen molar-refractivity contribution in [2.24, 2.45) is 5.73 Å². The maximum absolute atomic E-state index is 11.3. The van der Waals surface area contributed by atoms with E-state index in [9.17, 15) is 64.4 Å². The van der Waals surface area contributed by atoms with Crippen molar-refractivity contribution in [3.8, 4) is 0 Å². The number of alkyl halides is 1. The van der Waals surface area contributed by atoms with Crippen LogP contribution in [0.5, 0.6) is 0 Å². The Bertz CT molecular complexity index is 5060. The van der Waals surface area contributed by atoms with Crippen LogP contribution < -0.4 is 28.3 Å². The molecule has 32 heteroatoms. The SMILES string of the molecule is CCOC(=O)CCCc1cc(C)ccc1N.CCOC(=O)CSCc1cc(C)ccc1[N+](=O)[O-].Cc1ccc(N)c(CN)c1.Cc1ccc(N)c(CO)c1.Cc1ccc([N+](=O)[O-])c(CBr)c1.Cc1ccc([N+](=O)[O-])c(CO)c1.Cc1ccc2c(c1)CNCC(=O)C2.Cc1ccc2c(c1)COCC(=O)C2.Cc1ccc2c(c1)CSCC(=O)C2.O=[N+]([O-])c1ccc(Cl)cc1CO. The zero-order valence-electron chi connectivity index (χ0n) is 74.7. The number of esters is 2. The third-order valence-corrected chi connectivity index (χ3v) is 22.0. The molecular formula is C97H117BrClN9O19S2. The van der Waals surface area contributed by atoms with Gasteiger partial charge in [0.05, 0.1) is 88.5 Å². The summed E-state index contributed by atoms with van der Waals surface area (Å²) in [6.45, 7) is 24.3. The van der Waals surface area contributed by atoms with E-state index in [-0.39, 0.29) is 88.9 Å². The molecule has 0 saturated carbocycles. The number of nitrogens with zero attached hydrogens (tertiary/aromatic N) is 4. The van der Waals surface area contributed by atoms with Crippen LogP contribution >= 0.6 is 51.1 Å². The Morgan fingerprint density at radius 2 is 0.829 bits per heavy atom. The van der Waals surface area contributed by atoms with Gasteiger partial charge < -0.3 is 57.8 Å². The topological polar surface area (TPSA) is 462 Å². The molecule has 0 amide bonds. The summed E-state index contributed by atoms with van der Waals surface area (Å²) in [6.07, 6.45) is 3.81. The Morgan fingerprint density at radius 3 is 1.32 bits per heavy atom. The predicted octanol–water partition coefficient (Wildman–Crippen LogP) is 18.4. The second-order valence-electron chi connectivity index (χ2n) is 30.1. The molecule has 13 rings (SSSR count). The van der Waals surface area contributed by atoms with Gasteiger partial charge in [-0.25, -0.2) is 0 Å². The van der Waals surface area contributed by atoms with E-state index in [0.29, 0.717) is 103 Å². The number of nitro groups is 4. The Hall–Kier alpha value is -11.6. The second-order valence-corrected chi connectivity index (χ2v) is 33.1. The first kappa shape index (κ1) is 110. The monoisotopic (exact) mass is 1890 g/mol. The van der Waals surface area contributed by atoms with E-state index >= 15 is 0 Å². The number of Topliss-reactive ketones (excluding diaryl/α,β-unsaturated/α-hetero) is 3. The number of hydrogen-bond acceptors (Lipinski definition) is 26. The van der Waals surface area contributed by atoms with E-state index in [1.54, 1.807) is 55.1 Å². The number of fused-ring (bicyclic) bond motifs is 3. The van der Waals surface area contributed by atoms with Crippen molar-refractivity contribution in [3.63, 3.8) is 0 Å². The van der Waals surface area contributed by atoms with Gasteiger partial charge in [0.1, 0.15) is 12.4 Å². The molecule has 0 aromatic heterocycles. The zero-order chi connectivity index (χ0) is 95.8. The molecule has 0 aliphatic carbocycles. The van der Waals surface area contributed by atoms with Gasteiger partial charge in [-0.1, -0.05) is 187 Å². The minimum atomic E-state index is -0.554. The molecule has 0 saturated heterocycles. The third-order valence-electron chi connectivity index (χ3n) is 19.1. The number of ketones is 3. The Balaban J connectivity index is 0.000000301. The van der Waals surface area contributed by atoms with E-state index in [2.05, 4.69) is 83.6 Å². The molecule has 0 radical (unpaired) electrons. The number of halogens is 2. The number of rotatable bonds is 19. The molecule has 3 aliphatic heterocycles. The number of carbonyl (C=O) groups is 5. The van der Waals surface area contributed by atoms with Gasteiger partial charge in [-0.15, -0.1) is 23.5 Å². The number of aliphatic hydroxyl groups excluding tert-OH is 3. The lowest BCUT2D eigenvalue weighted by molar-refractivity contribution is -0.386. The highest BCUT2D eigenvalue weighted by atomic mass is 79.9. The molecule has 0 unspecified atom stereocenters. The fraction of sp³-hybridized carbons (Fsp3) is 0.330. The summed E-state index contributed by atoms with van der Waals surface area (Å²) in [6, 6.07) is 55.1. The van der Waals surface area contributed by atoms with Crippen LogP contribution in [0.4, 0.5) is 39.8 Å². The molecule has 0 bridgehead atoms. The van der Waals surface area contributed by atoms with E-state index in [0.717, 1.165) is 92.1 Å². The zero-order valence-corrected chi connectivity index (χ0v) is 78.7. The minimum absolute atomic E-state index is 0.0213. The number of nitrogens with one attached hydrogen (secondary N) is 1. The number of hydrogen-bond donors (Lipinski definition) is 8. The van der Waals surface area contributed by atoms with Gasteiger partial charge in [0.15, 0.2) is 11.6 Å². The highest BCUT2D eigenvalue weighted by Crippen LogP contribution is 2.29.